The first-order valence-electron chi connectivity index (χ1n) is 11.3. The van der Waals surface area contributed by atoms with Gasteiger partial charge < -0.3 is 13.6 Å². The number of carbonyl (C=O) groups is 1. The summed E-state index contributed by atoms with van der Waals surface area (Å²) in [6.07, 6.45) is 0.475. The van der Waals surface area contributed by atoms with Crippen LogP contribution >= 0.6 is 0 Å². The van der Waals surface area contributed by atoms with Gasteiger partial charge in [-0.3, -0.25) is 0 Å². The molecule has 2 fully saturated rings. The molecule has 1 heterocycles. The van der Waals surface area contributed by atoms with Gasteiger partial charge in [0.2, 0.25) is 5.54 Å². The zero-order valence-electron chi connectivity index (χ0n) is 20.8. The zero-order chi connectivity index (χ0) is 22.9. The lowest BCUT2D eigenvalue weighted by molar-refractivity contribution is -0.161. The lowest BCUT2D eigenvalue weighted by Gasteiger charge is -2.51. The molecule has 0 N–H and O–H groups in total. The van der Waals surface area contributed by atoms with E-state index in [0.29, 0.717) is 18.4 Å². The van der Waals surface area contributed by atoms with Crippen LogP contribution in [0.2, 0.25) is 36.3 Å². The normalized spacial score (nSPS) is 36.3. The summed E-state index contributed by atoms with van der Waals surface area (Å²) in [7, 11) is -2.83. The fourth-order valence-corrected chi connectivity index (χ4v) is 7.16. The average Bonchev–Trinajstić information content (AvgIpc) is 3.25. The van der Waals surface area contributed by atoms with Gasteiger partial charge in [0.15, 0.2) is 16.6 Å². The maximum absolute atomic E-state index is 13.3. The maximum atomic E-state index is 13.3. The van der Waals surface area contributed by atoms with Crippen molar-refractivity contribution in [2.45, 2.75) is 102 Å². The number of ether oxygens (including phenoxy) is 1. The Morgan fingerprint density at radius 3 is 1.97 bits per heavy atom. The third-order valence-corrected chi connectivity index (χ3v) is 17.5. The van der Waals surface area contributed by atoms with Gasteiger partial charge in [-0.1, -0.05) is 41.5 Å². The number of fused-ring (bicyclic) bond motifs is 3. The molecular formula is C22H42N2O4Si2. The summed E-state index contributed by atoms with van der Waals surface area (Å²) in [6, 6.07) is 0. The van der Waals surface area contributed by atoms with Crippen molar-refractivity contribution in [1.82, 2.24) is 0 Å². The molecule has 3 rings (SSSR count). The van der Waals surface area contributed by atoms with Crippen molar-refractivity contribution in [2.75, 3.05) is 13.7 Å². The van der Waals surface area contributed by atoms with Crippen molar-refractivity contribution in [1.29, 1.82) is 0 Å². The fourth-order valence-electron chi connectivity index (χ4n) is 4.53. The minimum Gasteiger partial charge on any atom is -0.467 e. The van der Waals surface area contributed by atoms with Gasteiger partial charge in [-0.15, -0.1) is 0 Å². The molecule has 0 saturated heterocycles. The molecule has 1 aliphatic heterocycles. The molecule has 8 heteroatoms. The number of azo groups is 1. The Labute approximate surface area is 184 Å². The maximum Gasteiger partial charge on any atom is 0.338 e. The summed E-state index contributed by atoms with van der Waals surface area (Å²) >= 11 is 0. The van der Waals surface area contributed by atoms with Crippen molar-refractivity contribution < 1.29 is 18.4 Å². The molecule has 30 heavy (non-hydrogen) atoms. The van der Waals surface area contributed by atoms with E-state index in [1.165, 1.54) is 7.11 Å². The zero-order valence-corrected chi connectivity index (χ0v) is 22.8. The molecule has 6 nitrogen and oxygen atoms in total. The number of methoxy groups -OCH3 is 1. The second-order valence-corrected chi connectivity index (χ2v) is 22.1. The van der Waals surface area contributed by atoms with E-state index in [4.69, 9.17) is 13.6 Å². The number of esters is 1. The monoisotopic (exact) mass is 454 g/mol. The van der Waals surface area contributed by atoms with Crippen LogP contribution in [0.3, 0.4) is 0 Å². The van der Waals surface area contributed by atoms with Crippen LogP contribution in [0.4, 0.5) is 0 Å². The van der Waals surface area contributed by atoms with E-state index in [0.717, 1.165) is 6.42 Å². The summed E-state index contributed by atoms with van der Waals surface area (Å²) in [6.45, 7) is 23.1. The molecule has 6 atom stereocenters. The summed E-state index contributed by atoms with van der Waals surface area (Å²) in [5, 5.41) is 9.08. The molecule has 2 aliphatic carbocycles. The molecule has 0 aromatic heterocycles. The van der Waals surface area contributed by atoms with E-state index >= 15 is 0 Å². The van der Waals surface area contributed by atoms with Gasteiger partial charge >= 0.3 is 5.97 Å². The Balaban J connectivity index is 2.09. The predicted molar refractivity (Wildman–Crippen MR) is 124 cm³/mol. The lowest BCUT2D eigenvalue weighted by Crippen LogP contribution is -2.67. The number of nitrogens with zero attached hydrogens (tertiary/aromatic N) is 2. The van der Waals surface area contributed by atoms with Gasteiger partial charge in [0.1, 0.15) is 6.10 Å². The number of rotatable bonds is 5. The van der Waals surface area contributed by atoms with E-state index < -0.39 is 28.3 Å². The molecule has 3 aliphatic rings. The van der Waals surface area contributed by atoms with Crippen molar-refractivity contribution in [3.8, 4) is 0 Å². The Morgan fingerprint density at radius 1 is 0.933 bits per heavy atom. The Kier molecular flexibility index (Phi) is 5.79. The highest BCUT2D eigenvalue weighted by Gasteiger charge is 2.73. The minimum atomic E-state index is -2.21. The summed E-state index contributed by atoms with van der Waals surface area (Å²) in [5.41, 5.74) is -1.07. The lowest BCUT2D eigenvalue weighted by atomic mass is 9.70. The van der Waals surface area contributed by atoms with Gasteiger partial charge in [0.05, 0.1) is 19.8 Å². The van der Waals surface area contributed by atoms with E-state index in [2.05, 4.69) is 78.0 Å². The van der Waals surface area contributed by atoms with Gasteiger partial charge in [-0.25, -0.2) is 4.79 Å². The van der Waals surface area contributed by atoms with Crippen LogP contribution in [0.25, 0.3) is 0 Å². The molecule has 0 amide bonds. The van der Waals surface area contributed by atoms with E-state index in [-0.39, 0.29) is 28.1 Å². The summed E-state index contributed by atoms with van der Waals surface area (Å²) in [4.78, 5) is 13.3. The van der Waals surface area contributed by atoms with Gasteiger partial charge in [-0.2, -0.15) is 10.2 Å². The first kappa shape index (κ1) is 24.1. The predicted octanol–water partition coefficient (Wildman–Crippen LogP) is 5.41. The van der Waals surface area contributed by atoms with Crippen LogP contribution in [0.1, 0.15) is 48.0 Å². The first-order valence-corrected chi connectivity index (χ1v) is 17.1. The van der Waals surface area contributed by atoms with E-state index in [1.54, 1.807) is 0 Å². The first-order chi connectivity index (χ1) is 13.5. The van der Waals surface area contributed by atoms with Crippen molar-refractivity contribution >= 4 is 22.6 Å². The van der Waals surface area contributed by atoms with Gasteiger partial charge in [-0.05, 0) is 54.5 Å². The Morgan fingerprint density at radius 2 is 1.47 bits per heavy atom. The van der Waals surface area contributed by atoms with E-state index in [9.17, 15) is 4.79 Å². The molecule has 0 aromatic rings. The smallest absolute Gasteiger partial charge is 0.338 e. The van der Waals surface area contributed by atoms with Crippen molar-refractivity contribution in [3.63, 3.8) is 0 Å². The fraction of sp³-hybridized carbons (Fsp3) is 0.955. The second-order valence-electron chi connectivity index (χ2n) is 12.6. The topological polar surface area (TPSA) is 69.5 Å². The van der Waals surface area contributed by atoms with Crippen LogP contribution < -0.4 is 0 Å². The van der Waals surface area contributed by atoms with Crippen LogP contribution in [-0.4, -0.2) is 54.0 Å². The van der Waals surface area contributed by atoms with Crippen LogP contribution in [0.5, 0.6) is 0 Å². The Bertz CT molecular complexity index is 726. The van der Waals surface area contributed by atoms with Crippen molar-refractivity contribution in [3.05, 3.63) is 0 Å². The molecule has 0 unspecified atom stereocenters. The standard InChI is InChI=1S/C22H42N2O4Si2/c1-20(2,3)29(8,9)27-17-15-12-14(15)16-13-23-24-22(16,19(25)26-7)18(17)28-30(10,11)21(4,5)6/h14-18H,12-13H2,1-11H3/t14-,15+,16+,17-,18+,22+/m0/s1. The number of carbonyl (C=O) groups excluding carboxylic acids is 1. The molecule has 2 saturated carbocycles. The summed E-state index contributed by atoms with van der Waals surface area (Å²) < 4.78 is 19.4. The minimum absolute atomic E-state index is 0.0114. The van der Waals surface area contributed by atoms with Crippen LogP contribution in [0, 0.1) is 17.8 Å². The average molecular weight is 455 g/mol. The molecule has 0 spiro atoms. The number of hydrogen-bond acceptors (Lipinski definition) is 6. The summed E-state index contributed by atoms with van der Waals surface area (Å²) in [5.74, 6) is 0.573. The van der Waals surface area contributed by atoms with Crippen LogP contribution in [0.15, 0.2) is 10.2 Å². The van der Waals surface area contributed by atoms with Gasteiger partial charge in [0, 0.05) is 5.92 Å². The number of hydrogen-bond donors (Lipinski definition) is 0. The van der Waals surface area contributed by atoms with Gasteiger partial charge in [0.25, 0.3) is 0 Å². The molecular weight excluding hydrogens is 412 g/mol. The second kappa shape index (κ2) is 7.22. The SMILES string of the molecule is COC(=O)[C@@]12N=NC[C@@H]1[C@H]1C[C@H]1[C@H](O[Si](C)(C)C(C)(C)C)[C@H]2O[Si](C)(C)C(C)(C)C. The largest absolute Gasteiger partial charge is 0.467 e. The molecule has 172 valence electrons. The van der Waals surface area contributed by atoms with E-state index in [1.807, 2.05) is 0 Å². The molecule has 0 aromatic carbocycles. The highest BCUT2D eigenvalue weighted by Crippen LogP contribution is 2.62. The highest BCUT2D eigenvalue weighted by molar-refractivity contribution is 6.74. The molecule has 0 radical (unpaired) electrons. The Hall–Kier alpha value is -0.576. The highest BCUT2D eigenvalue weighted by atomic mass is 28.4. The van der Waals surface area contributed by atoms with Crippen LogP contribution in [-0.2, 0) is 18.4 Å². The quantitative estimate of drug-likeness (QED) is 0.411. The third kappa shape index (κ3) is 3.65. The third-order valence-electron chi connectivity index (χ3n) is 8.62. The molecule has 0 bridgehead atoms. The van der Waals surface area contributed by atoms with Crippen molar-refractivity contribution in [2.24, 2.45) is 28.0 Å².